The van der Waals surface area contributed by atoms with E-state index in [1.807, 2.05) is 42.5 Å². The monoisotopic (exact) mass is 558 g/mol. The Balaban J connectivity index is 1.70. The van der Waals surface area contributed by atoms with Gasteiger partial charge in [0.1, 0.15) is 0 Å². The number of nitrogens with zero attached hydrogens (tertiary/aromatic N) is 2. The molecule has 0 bridgehead atoms. The maximum atomic E-state index is 12.2. The summed E-state index contributed by atoms with van der Waals surface area (Å²) in [6, 6.07) is 22.1. The zero-order valence-electron chi connectivity index (χ0n) is 16.8. The van der Waals surface area contributed by atoms with Crippen molar-refractivity contribution in [2.75, 3.05) is 6.61 Å². The summed E-state index contributed by atoms with van der Waals surface area (Å²) in [5.41, 5.74) is 4.69. The molecule has 31 heavy (non-hydrogen) atoms. The van der Waals surface area contributed by atoms with Crippen molar-refractivity contribution in [3.05, 3.63) is 92.4 Å². The Morgan fingerprint density at radius 2 is 1.74 bits per heavy atom. The summed E-state index contributed by atoms with van der Waals surface area (Å²) in [4.78, 5) is 17.0. The van der Waals surface area contributed by atoms with Crippen LogP contribution in [0.4, 0.5) is 0 Å². The van der Waals surface area contributed by atoms with Crippen LogP contribution in [0.2, 0.25) is 0 Å². The molecule has 1 heterocycles. The van der Waals surface area contributed by atoms with Crippen molar-refractivity contribution < 1.29 is 9.53 Å². The molecule has 0 atom stereocenters. The number of rotatable bonds is 7. The summed E-state index contributed by atoms with van der Waals surface area (Å²) >= 11 is 8.79. The van der Waals surface area contributed by atoms with Crippen LogP contribution < -0.4 is 0 Å². The standard InChI is InChI=1S/C24H20Br2N2O2S/c1-2-30-23(29)18-8-9-22-21(12-18)27-24(28(22)14-16-6-4-3-5-7-16)31-15-17-10-19(25)13-20(26)11-17/h3-13H,2,14-15H2,1H3. The first-order chi connectivity index (χ1) is 15.0. The predicted octanol–water partition coefficient (Wildman–Crippen LogP) is 7.08. The van der Waals surface area contributed by atoms with Gasteiger partial charge in [-0.15, -0.1) is 0 Å². The van der Waals surface area contributed by atoms with E-state index in [-0.39, 0.29) is 5.97 Å². The van der Waals surface area contributed by atoms with Crippen LogP contribution in [0.3, 0.4) is 0 Å². The third-order valence-corrected chi connectivity index (χ3v) is 6.66. The summed E-state index contributed by atoms with van der Waals surface area (Å²) in [7, 11) is 0. The van der Waals surface area contributed by atoms with E-state index in [0.717, 1.165) is 30.9 Å². The van der Waals surface area contributed by atoms with Gasteiger partial charge in [-0.2, -0.15) is 0 Å². The summed E-state index contributed by atoms with van der Waals surface area (Å²) in [6.45, 7) is 2.86. The lowest BCUT2D eigenvalue weighted by molar-refractivity contribution is 0.0526. The van der Waals surface area contributed by atoms with Crippen molar-refractivity contribution in [3.63, 3.8) is 0 Å². The lowest BCUT2D eigenvalue weighted by Gasteiger charge is -2.10. The Labute approximate surface area is 202 Å². The molecule has 0 fully saturated rings. The Kier molecular flexibility index (Phi) is 7.15. The minimum Gasteiger partial charge on any atom is -0.462 e. The number of benzene rings is 3. The summed E-state index contributed by atoms with van der Waals surface area (Å²) in [6.07, 6.45) is 0. The minimum absolute atomic E-state index is 0.324. The third-order valence-electron chi connectivity index (χ3n) is 4.70. The van der Waals surface area contributed by atoms with Crippen molar-refractivity contribution in [3.8, 4) is 0 Å². The third kappa shape index (κ3) is 5.40. The average Bonchev–Trinajstić information content (AvgIpc) is 3.09. The zero-order valence-corrected chi connectivity index (χ0v) is 20.8. The van der Waals surface area contributed by atoms with Crippen LogP contribution in [0.5, 0.6) is 0 Å². The van der Waals surface area contributed by atoms with E-state index in [0.29, 0.717) is 18.7 Å². The van der Waals surface area contributed by atoms with Gasteiger partial charge >= 0.3 is 5.97 Å². The SMILES string of the molecule is CCOC(=O)c1ccc2c(c1)nc(SCc1cc(Br)cc(Br)c1)n2Cc1ccccc1. The van der Waals surface area contributed by atoms with E-state index in [1.54, 1.807) is 18.7 Å². The van der Waals surface area contributed by atoms with Gasteiger partial charge in [0.15, 0.2) is 5.16 Å². The molecule has 0 aliphatic heterocycles. The van der Waals surface area contributed by atoms with Gasteiger partial charge in [0.05, 0.1) is 29.7 Å². The number of hydrogen-bond acceptors (Lipinski definition) is 4. The topological polar surface area (TPSA) is 44.1 Å². The predicted molar refractivity (Wildman–Crippen MR) is 133 cm³/mol. The fourth-order valence-corrected chi connectivity index (χ4v) is 5.65. The Bertz CT molecular complexity index is 1200. The number of halogens is 2. The molecule has 4 nitrogen and oxygen atoms in total. The number of carbonyl (C=O) groups excluding carboxylic acids is 1. The number of aromatic nitrogens is 2. The average molecular weight is 560 g/mol. The molecular weight excluding hydrogens is 540 g/mol. The summed E-state index contributed by atoms with van der Waals surface area (Å²) < 4.78 is 9.43. The van der Waals surface area contributed by atoms with Crippen LogP contribution in [0.1, 0.15) is 28.4 Å². The second-order valence-electron chi connectivity index (χ2n) is 6.96. The van der Waals surface area contributed by atoms with Gasteiger partial charge in [0.2, 0.25) is 0 Å². The zero-order chi connectivity index (χ0) is 21.8. The molecule has 158 valence electrons. The first kappa shape index (κ1) is 22.1. The van der Waals surface area contributed by atoms with Gasteiger partial charge in [-0.05, 0) is 54.4 Å². The number of imidazole rings is 1. The van der Waals surface area contributed by atoms with Crippen molar-refractivity contribution in [2.45, 2.75) is 24.4 Å². The van der Waals surface area contributed by atoms with Crippen molar-refractivity contribution in [1.82, 2.24) is 9.55 Å². The number of ether oxygens (including phenoxy) is 1. The molecule has 0 radical (unpaired) electrons. The highest BCUT2D eigenvalue weighted by Crippen LogP contribution is 2.30. The fraction of sp³-hybridized carbons (Fsp3) is 0.167. The van der Waals surface area contributed by atoms with Gasteiger partial charge in [-0.3, -0.25) is 0 Å². The second kappa shape index (κ2) is 10.0. The highest BCUT2D eigenvalue weighted by atomic mass is 79.9. The summed E-state index contributed by atoms with van der Waals surface area (Å²) in [5.74, 6) is 0.455. The highest BCUT2D eigenvalue weighted by molar-refractivity contribution is 9.11. The van der Waals surface area contributed by atoms with Gasteiger partial charge in [0.25, 0.3) is 0 Å². The molecule has 0 aliphatic rings. The van der Waals surface area contributed by atoms with Crippen LogP contribution >= 0.6 is 43.6 Å². The second-order valence-corrected chi connectivity index (χ2v) is 9.73. The molecule has 7 heteroatoms. The molecule has 4 aromatic rings. The first-order valence-corrected chi connectivity index (χ1v) is 12.4. The van der Waals surface area contributed by atoms with Crippen LogP contribution in [-0.2, 0) is 17.0 Å². The van der Waals surface area contributed by atoms with E-state index in [1.165, 1.54) is 11.1 Å². The van der Waals surface area contributed by atoms with E-state index in [2.05, 4.69) is 60.7 Å². The van der Waals surface area contributed by atoms with Crippen LogP contribution in [0.25, 0.3) is 11.0 Å². The minimum atomic E-state index is -0.324. The maximum Gasteiger partial charge on any atom is 0.338 e. The van der Waals surface area contributed by atoms with Gasteiger partial charge in [-0.1, -0.05) is 74.0 Å². The van der Waals surface area contributed by atoms with Crippen molar-refractivity contribution in [2.24, 2.45) is 0 Å². The van der Waals surface area contributed by atoms with E-state index >= 15 is 0 Å². The van der Waals surface area contributed by atoms with Crippen LogP contribution in [-0.4, -0.2) is 22.1 Å². The van der Waals surface area contributed by atoms with Gasteiger partial charge in [-0.25, -0.2) is 9.78 Å². The quantitative estimate of drug-likeness (QED) is 0.179. The van der Waals surface area contributed by atoms with E-state index in [4.69, 9.17) is 9.72 Å². The largest absolute Gasteiger partial charge is 0.462 e. The number of thioether (sulfide) groups is 1. The van der Waals surface area contributed by atoms with E-state index < -0.39 is 0 Å². The number of carbonyl (C=O) groups is 1. The van der Waals surface area contributed by atoms with Crippen molar-refractivity contribution in [1.29, 1.82) is 0 Å². The molecule has 0 saturated carbocycles. The normalized spacial score (nSPS) is 11.1. The smallest absolute Gasteiger partial charge is 0.338 e. The number of hydrogen-bond donors (Lipinski definition) is 0. The van der Waals surface area contributed by atoms with Crippen LogP contribution in [0, 0.1) is 0 Å². The van der Waals surface area contributed by atoms with E-state index in [9.17, 15) is 4.79 Å². The summed E-state index contributed by atoms with van der Waals surface area (Å²) in [5, 5.41) is 0.913. The Morgan fingerprint density at radius 3 is 2.45 bits per heavy atom. The lowest BCUT2D eigenvalue weighted by Crippen LogP contribution is -2.04. The van der Waals surface area contributed by atoms with Crippen molar-refractivity contribution >= 4 is 60.6 Å². The lowest BCUT2D eigenvalue weighted by atomic mass is 10.2. The highest BCUT2D eigenvalue weighted by Gasteiger charge is 2.15. The number of esters is 1. The first-order valence-electron chi connectivity index (χ1n) is 9.82. The molecule has 1 aromatic heterocycles. The van der Waals surface area contributed by atoms with Crippen LogP contribution in [0.15, 0.2) is 80.8 Å². The molecule has 3 aromatic carbocycles. The molecular formula is C24H20Br2N2O2S. The molecule has 0 aliphatic carbocycles. The fourth-order valence-electron chi connectivity index (χ4n) is 3.32. The molecule has 0 spiro atoms. The molecule has 4 rings (SSSR count). The van der Waals surface area contributed by atoms with Gasteiger partial charge < -0.3 is 9.30 Å². The maximum absolute atomic E-state index is 12.2. The molecule has 0 amide bonds. The van der Waals surface area contributed by atoms with Gasteiger partial charge in [0, 0.05) is 14.7 Å². The molecule has 0 unspecified atom stereocenters. The molecule has 0 N–H and O–H groups in total. The Hall–Kier alpha value is -2.09. The number of fused-ring (bicyclic) bond motifs is 1. The molecule has 0 saturated heterocycles. The Morgan fingerprint density at radius 1 is 1.00 bits per heavy atom.